The molecule has 6 nitrogen and oxygen atoms in total. The summed E-state index contributed by atoms with van der Waals surface area (Å²) in [5.74, 6) is 2.79. The molecule has 0 aliphatic carbocycles. The first kappa shape index (κ1) is 15.8. The summed E-state index contributed by atoms with van der Waals surface area (Å²) in [5, 5.41) is 15.8. The van der Waals surface area contributed by atoms with E-state index in [1.807, 2.05) is 31.2 Å². The van der Waals surface area contributed by atoms with Crippen molar-refractivity contribution in [2.45, 2.75) is 39.4 Å². The van der Waals surface area contributed by atoms with Gasteiger partial charge < -0.3 is 15.2 Å². The summed E-state index contributed by atoms with van der Waals surface area (Å²) in [4.78, 5) is 4.59. The van der Waals surface area contributed by atoms with Gasteiger partial charge >= 0.3 is 0 Å². The average Bonchev–Trinajstić information content (AvgIpc) is 3.15. The molecule has 1 aliphatic rings. The van der Waals surface area contributed by atoms with Gasteiger partial charge in [0.1, 0.15) is 5.82 Å². The van der Waals surface area contributed by atoms with Crippen LogP contribution < -0.4 is 10.6 Å². The fourth-order valence-corrected chi connectivity index (χ4v) is 2.83. The Hall–Kier alpha value is -2.08. The molecule has 0 amide bonds. The zero-order valence-corrected chi connectivity index (χ0v) is 14.0. The predicted octanol–water partition coefficient (Wildman–Crippen LogP) is 2.13. The Morgan fingerprint density at radius 1 is 1.30 bits per heavy atom. The van der Waals surface area contributed by atoms with Gasteiger partial charge in [-0.3, -0.25) is 0 Å². The highest BCUT2D eigenvalue weighted by atomic mass is 35.5. The highest BCUT2D eigenvalue weighted by Crippen LogP contribution is 2.16. The van der Waals surface area contributed by atoms with Crippen molar-refractivity contribution >= 4 is 17.6 Å². The number of hydrogen-bond acceptors (Lipinski definition) is 3. The second-order valence-corrected chi connectivity index (χ2v) is 5.83. The first-order chi connectivity index (χ1) is 11.3. The normalized spacial score (nSPS) is 13.9. The van der Waals surface area contributed by atoms with Gasteiger partial charge in [0.15, 0.2) is 11.8 Å². The second kappa shape index (κ2) is 7.46. The number of hydrogen-bond donors (Lipinski definition) is 2. The van der Waals surface area contributed by atoms with Gasteiger partial charge in [0.25, 0.3) is 0 Å². The molecule has 0 bridgehead atoms. The summed E-state index contributed by atoms with van der Waals surface area (Å²) < 4.78 is 2.19. The Bertz CT molecular complexity index is 694. The number of nitrogens with one attached hydrogen (secondary N) is 2. The van der Waals surface area contributed by atoms with Crippen LogP contribution in [0.25, 0.3) is 0 Å². The Kier molecular flexibility index (Phi) is 5.12. The van der Waals surface area contributed by atoms with E-state index in [1.54, 1.807) is 0 Å². The highest BCUT2D eigenvalue weighted by molar-refractivity contribution is 6.31. The van der Waals surface area contributed by atoms with E-state index >= 15 is 0 Å². The van der Waals surface area contributed by atoms with Crippen LogP contribution in [-0.2, 0) is 26.1 Å². The molecular formula is C16H21ClN6. The lowest BCUT2D eigenvalue weighted by molar-refractivity contribution is 0.663. The largest absolute Gasteiger partial charge is 0.357 e. The maximum absolute atomic E-state index is 6.18. The van der Waals surface area contributed by atoms with E-state index in [0.29, 0.717) is 13.1 Å². The molecule has 1 aromatic heterocycles. The first-order valence-electron chi connectivity index (χ1n) is 7.94. The molecule has 0 fully saturated rings. The van der Waals surface area contributed by atoms with Crippen LogP contribution in [0, 0.1) is 0 Å². The van der Waals surface area contributed by atoms with Crippen molar-refractivity contribution in [1.82, 2.24) is 25.4 Å². The number of benzene rings is 1. The van der Waals surface area contributed by atoms with Crippen molar-refractivity contribution in [3.63, 3.8) is 0 Å². The van der Waals surface area contributed by atoms with Crippen LogP contribution in [-0.4, -0.2) is 27.3 Å². The number of aromatic nitrogens is 3. The fourth-order valence-electron chi connectivity index (χ4n) is 2.64. The standard InChI is InChI=1S/C16H21ClN6/c1-2-18-16(19-10-12-6-3-4-7-13(12)17)20-11-15-22-21-14-8-5-9-23(14)15/h3-4,6-7H,2,5,8-11H2,1H3,(H2,18,19,20). The zero-order chi connectivity index (χ0) is 16.1. The molecule has 0 saturated heterocycles. The topological polar surface area (TPSA) is 67.1 Å². The maximum Gasteiger partial charge on any atom is 0.191 e. The summed E-state index contributed by atoms with van der Waals surface area (Å²) in [5.41, 5.74) is 1.01. The Morgan fingerprint density at radius 3 is 3.00 bits per heavy atom. The molecule has 2 aromatic rings. The van der Waals surface area contributed by atoms with Crippen molar-refractivity contribution < 1.29 is 0 Å². The Labute approximate surface area is 141 Å². The second-order valence-electron chi connectivity index (χ2n) is 5.43. The zero-order valence-electron chi connectivity index (χ0n) is 13.2. The summed E-state index contributed by atoms with van der Waals surface area (Å²) in [6.07, 6.45) is 2.17. The van der Waals surface area contributed by atoms with Crippen LogP contribution in [0.15, 0.2) is 29.3 Å². The smallest absolute Gasteiger partial charge is 0.191 e. The molecule has 0 spiro atoms. The van der Waals surface area contributed by atoms with Crippen molar-refractivity contribution in [3.8, 4) is 0 Å². The third-order valence-electron chi connectivity index (χ3n) is 3.81. The van der Waals surface area contributed by atoms with Crippen LogP contribution in [0.3, 0.4) is 0 Å². The molecule has 7 heteroatoms. The monoisotopic (exact) mass is 332 g/mol. The van der Waals surface area contributed by atoms with Crippen LogP contribution in [0.2, 0.25) is 5.02 Å². The SMILES string of the molecule is CCNC(=NCc1ccccc1Cl)NCc1nnc2n1CCC2. The molecule has 1 aliphatic heterocycles. The van der Waals surface area contributed by atoms with Gasteiger partial charge in [0.2, 0.25) is 0 Å². The number of guanidine groups is 1. The molecule has 23 heavy (non-hydrogen) atoms. The van der Waals surface area contributed by atoms with E-state index in [4.69, 9.17) is 11.6 Å². The van der Waals surface area contributed by atoms with E-state index in [0.717, 1.165) is 54.1 Å². The number of aliphatic imine (C=N–C) groups is 1. The molecule has 2 N–H and O–H groups in total. The van der Waals surface area contributed by atoms with Crippen molar-refractivity contribution in [3.05, 3.63) is 46.5 Å². The number of nitrogens with zero attached hydrogens (tertiary/aromatic N) is 4. The predicted molar refractivity (Wildman–Crippen MR) is 91.5 cm³/mol. The number of fused-ring (bicyclic) bond motifs is 1. The number of rotatable bonds is 5. The average molecular weight is 333 g/mol. The highest BCUT2D eigenvalue weighted by Gasteiger charge is 2.17. The molecular weight excluding hydrogens is 312 g/mol. The van der Waals surface area contributed by atoms with Crippen LogP contribution in [0.4, 0.5) is 0 Å². The van der Waals surface area contributed by atoms with Crippen LogP contribution in [0.5, 0.6) is 0 Å². The molecule has 0 saturated carbocycles. The molecule has 3 rings (SSSR count). The minimum absolute atomic E-state index is 0.535. The molecule has 0 atom stereocenters. The van der Waals surface area contributed by atoms with Crippen molar-refractivity contribution in [1.29, 1.82) is 0 Å². The lowest BCUT2D eigenvalue weighted by Crippen LogP contribution is -2.37. The Morgan fingerprint density at radius 2 is 2.17 bits per heavy atom. The van der Waals surface area contributed by atoms with Gasteiger partial charge in [-0.2, -0.15) is 0 Å². The van der Waals surface area contributed by atoms with Gasteiger partial charge in [-0.25, -0.2) is 4.99 Å². The molecule has 2 heterocycles. The van der Waals surface area contributed by atoms with Crippen LogP contribution >= 0.6 is 11.6 Å². The fraction of sp³-hybridized carbons (Fsp3) is 0.438. The quantitative estimate of drug-likeness (QED) is 0.650. The van der Waals surface area contributed by atoms with Gasteiger partial charge in [0.05, 0.1) is 13.1 Å². The van der Waals surface area contributed by atoms with E-state index < -0.39 is 0 Å². The molecule has 122 valence electrons. The summed E-state index contributed by atoms with van der Waals surface area (Å²) in [6.45, 7) is 4.99. The molecule has 1 aromatic carbocycles. The third kappa shape index (κ3) is 3.82. The van der Waals surface area contributed by atoms with Gasteiger partial charge in [-0.05, 0) is 25.0 Å². The van der Waals surface area contributed by atoms with Crippen molar-refractivity contribution in [2.75, 3.05) is 6.54 Å². The van der Waals surface area contributed by atoms with Gasteiger partial charge in [0, 0.05) is 24.5 Å². The van der Waals surface area contributed by atoms with Crippen LogP contribution in [0.1, 0.15) is 30.6 Å². The third-order valence-corrected chi connectivity index (χ3v) is 4.18. The van der Waals surface area contributed by atoms with Crippen molar-refractivity contribution in [2.24, 2.45) is 4.99 Å². The first-order valence-corrected chi connectivity index (χ1v) is 8.32. The lowest BCUT2D eigenvalue weighted by atomic mass is 10.2. The summed E-state index contributed by atoms with van der Waals surface area (Å²) >= 11 is 6.18. The lowest BCUT2D eigenvalue weighted by Gasteiger charge is -2.11. The van der Waals surface area contributed by atoms with Gasteiger partial charge in [-0.1, -0.05) is 29.8 Å². The molecule has 0 unspecified atom stereocenters. The minimum atomic E-state index is 0.535. The summed E-state index contributed by atoms with van der Waals surface area (Å²) in [6, 6.07) is 7.76. The van der Waals surface area contributed by atoms with E-state index in [1.165, 1.54) is 0 Å². The minimum Gasteiger partial charge on any atom is -0.357 e. The van der Waals surface area contributed by atoms with E-state index in [9.17, 15) is 0 Å². The van der Waals surface area contributed by atoms with E-state index in [-0.39, 0.29) is 0 Å². The van der Waals surface area contributed by atoms with Gasteiger partial charge in [-0.15, -0.1) is 10.2 Å². The summed E-state index contributed by atoms with van der Waals surface area (Å²) in [7, 11) is 0. The molecule has 0 radical (unpaired) electrons. The maximum atomic E-state index is 6.18. The Balaban J connectivity index is 1.64. The number of aryl methyl sites for hydroxylation is 1. The number of halogens is 1. The van der Waals surface area contributed by atoms with E-state index in [2.05, 4.69) is 30.4 Å².